The van der Waals surface area contributed by atoms with Crippen molar-refractivity contribution in [2.45, 2.75) is 6.92 Å². The number of nitrogens with zero attached hydrogens (tertiary/aromatic N) is 2. The first-order valence-electron chi connectivity index (χ1n) is 6.23. The molecule has 1 amide bonds. The van der Waals surface area contributed by atoms with E-state index in [1.807, 2.05) is 0 Å². The van der Waals surface area contributed by atoms with Crippen LogP contribution < -0.4 is 5.73 Å². The molecule has 130 valence electrons. The maximum Gasteiger partial charge on any atom is 0.341 e. The highest BCUT2D eigenvalue weighted by Gasteiger charge is 2.38. The lowest BCUT2D eigenvalue weighted by Crippen LogP contribution is -2.33. The van der Waals surface area contributed by atoms with Gasteiger partial charge < -0.3 is 21.1 Å². The van der Waals surface area contributed by atoms with Crippen LogP contribution in [0.3, 0.4) is 0 Å². The number of rotatable bonds is 5. The van der Waals surface area contributed by atoms with E-state index in [1.165, 1.54) is 5.38 Å². The third-order valence-corrected chi connectivity index (χ3v) is 4.75. The van der Waals surface area contributed by atoms with Gasteiger partial charge in [0.1, 0.15) is 16.4 Å². The molecule has 0 saturated carbocycles. The largest absolute Gasteiger partial charge is 0.480 e. The first-order valence-corrected chi connectivity index (χ1v) is 8.33. The third kappa shape index (κ3) is 4.08. The molecule has 0 spiro atoms. The average molecular weight is 391 g/mol. The van der Waals surface area contributed by atoms with Gasteiger partial charge in [-0.2, -0.15) is 0 Å². The first kappa shape index (κ1) is 20.0. The van der Waals surface area contributed by atoms with E-state index in [4.69, 9.17) is 27.8 Å². The van der Waals surface area contributed by atoms with Gasteiger partial charge in [-0.25, -0.2) is 9.78 Å². The molecule has 24 heavy (non-hydrogen) atoms. The molecular formula is C12H13N3O6S3. The number of thiocarbonyl (C=S) groups is 1. The zero-order chi connectivity index (χ0) is 17.1. The SMILES string of the molecule is CCOC(=O)C(=C1SC(=S)N(CC(=O)O)C1=O)c1csc(N)n1.O. The van der Waals surface area contributed by atoms with Gasteiger partial charge in [-0.3, -0.25) is 14.5 Å². The van der Waals surface area contributed by atoms with Crippen molar-refractivity contribution in [3.8, 4) is 0 Å². The molecule has 0 aromatic carbocycles. The van der Waals surface area contributed by atoms with Crippen molar-refractivity contribution in [1.82, 2.24) is 9.88 Å². The molecule has 0 atom stereocenters. The second kappa shape index (κ2) is 8.19. The van der Waals surface area contributed by atoms with Crippen LogP contribution in [0.5, 0.6) is 0 Å². The number of anilines is 1. The van der Waals surface area contributed by atoms with E-state index in [0.29, 0.717) is 0 Å². The fourth-order valence-corrected chi connectivity index (χ4v) is 3.61. The number of hydrogen-bond donors (Lipinski definition) is 2. The molecule has 2 rings (SSSR count). The Morgan fingerprint density at radius 3 is 2.67 bits per heavy atom. The standard InChI is InChI=1S/C12H11N3O5S3.H2O/c1-2-20-10(19)7(5-4-22-11(13)14-5)8-9(18)15(3-6(16)17)12(21)23-8;/h4H,2-3H2,1H3,(H2,13,14)(H,16,17);1H2. The lowest BCUT2D eigenvalue weighted by Gasteiger charge is -2.11. The minimum absolute atomic E-state index is 0. The molecule has 12 heteroatoms. The minimum Gasteiger partial charge on any atom is -0.480 e. The smallest absolute Gasteiger partial charge is 0.341 e. The van der Waals surface area contributed by atoms with Gasteiger partial charge in [-0.1, -0.05) is 24.0 Å². The van der Waals surface area contributed by atoms with Gasteiger partial charge in [0, 0.05) is 5.38 Å². The van der Waals surface area contributed by atoms with Crippen molar-refractivity contribution in [3.05, 3.63) is 16.0 Å². The van der Waals surface area contributed by atoms with Crippen molar-refractivity contribution in [1.29, 1.82) is 0 Å². The number of aromatic nitrogens is 1. The van der Waals surface area contributed by atoms with E-state index in [0.717, 1.165) is 28.0 Å². The molecule has 0 bridgehead atoms. The van der Waals surface area contributed by atoms with Gasteiger partial charge in [-0.05, 0) is 6.92 Å². The lowest BCUT2D eigenvalue weighted by molar-refractivity contribution is -0.140. The number of carboxylic acid groups (broad SMARTS) is 1. The average Bonchev–Trinajstić information content (AvgIpc) is 2.99. The lowest BCUT2D eigenvalue weighted by atomic mass is 10.2. The van der Waals surface area contributed by atoms with Crippen molar-refractivity contribution >= 4 is 68.2 Å². The van der Waals surface area contributed by atoms with Crippen LogP contribution in [0.25, 0.3) is 5.57 Å². The van der Waals surface area contributed by atoms with Crippen molar-refractivity contribution in [2.75, 3.05) is 18.9 Å². The molecule has 1 aromatic rings. The summed E-state index contributed by atoms with van der Waals surface area (Å²) >= 11 is 6.96. The summed E-state index contributed by atoms with van der Waals surface area (Å²) in [5.74, 6) is -2.62. The Morgan fingerprint density at radius 2 is 2.17 bits per heavy atom. The van der Waals surface area contributed by atoms with E-state index < -0.39 is 24.4 Å². The summed E-state index contributed by atoms with van der Waals surface area (Å²) in [5.41, 5.74) is 5.70. The number of carbonyl (C=O) groups excluding carboxylic acids is 2. The second-order valence-corrected chi connectivity index (χ2v) is 6.68. The Morgan fingerprint density at radius 1 is 1.50 bits per heavy atom. The highest BCUT2D eigenvalue weighted by Crippen LogP contribution is 2.37. The molecule has 0 unspecified atom stereocenters. The number of thiazole rings is 1. The fraction of sp³-hybridized carbons (Fsp3) is 0.250. The summed E-state index contributed by atoms with van der Waals surface area (Å²) in [4.78, 5) is 40.4. The maximum absolute atomic E-state index is 12.4. The van der Waals surface area contributed by atoms with Crippen LogP contribution in [0.15, 0.2) is 10.3 Å². The molecule has 2 heterocycles. The normalized spacial score (nSPS) is 16.0. The number of nitrogen functional groups attached to an aromatic ring is 1. The topological polar surface area (TPSA) is 154 Å². The predicted octanol–water partition coefficient (Wildman–Crippen LogP) is 0.120. The van der Waals surface area contributed by atoms with Crippen molar-refractivity contribution in [3.63, 3.8) is 0 Å². The van der Waals surface area contributed by atoms with Crippen LogP contribution in [0.4, 0.5) is 5.13 Å². The first-order chi connectivity index (χ1) is 10.8. The van der Waals surface area contributed by atoms with Gasteiger partial charge in [0.15, 0.2) is 5.13 Å². The molecule has 1 saturated heterocycles. The van der Waals surface area contributed by atoms with E-state index in [9.17, 15) is 14.4 Å². The number of ether oxygens (including phenoxy) is 1. The van der Waals surface area contributed by atoms with Crippen LogP contribution >= 0.6 is 35.3 Å². The Kier molecular flexibility index (Phi) is 6.83. The second-order valence-electron chi connectivity index (χ2n) is 4.15. The van der Waals surface area contributed by atoms with Crippen LogP contribution in [0.1, 0.15) is 12.6 Å². The van der Waals surface area contributed by atoms with Gasteiger partial charge in [0.25, 0.3) is 5.91 Å². The number of aliphatic carboxylic acids is 1. The third-order valence-electron chi connectivity index (χ3n) is 2.63. The monoisotopic (exact) mass is 391 g/mol. The quantitative estimate of drug-likeness (QED) is 0.404. The highest BCUT2D eigenvalue weighted by molar-refractivity contribution is 8.26. The van der Waals surface area contributed by atoms with Crippen LogP contribution in [0.2, 0.25) is 0 Å². The van der Waals surface area contributed by atoms with Crippen molar-refractivity contribution < 1.29 is 29.7 Å². The Labute approximate surface area is 149 Å². The minimum atomic E-state index is -1.21. The summed E-state index contributed by atoms with van der Waals surface area (Å²) < 4.78 is 5.02. The van der Waals surface area contributed by atoms with Crippen LogP contribution in [-0.4, -0.2) is 55.8 Å². The molecule has 9 nitrogen and oxygen atoms in total. The van der Waals surface area contributed by atoms with Gasteiger partial charge in [-0.15, -0.1) is 11.3 Å². The molecule has 0 radical (unpaired) electrons. The maximum atomic E-state index is 12.4. The molecular weight excluding hydrogens is 378 g/mol. The Hall–Kier alpha value is -2.02. The van der Waals surface area contributed by atoms with Crippen molar-refractivity contribution in [2.24, 2.45) is 0 Å². The molecule has 1 fully saturated rings. The number of esters is 1. The fourth-order valence-electron chi connectivity index (χ4n) is 1.74. The molecule has 5 N–H and O–H groups in total. The number of carboxylic acids is 1. The van der Waals surface area contributed by atoms with Gasteiger partial charge in [0.2, 0.25) is 0 Å². The predicted molar refractivity (Wildman–Crippen MR) is 93.2 cm³/mol. The number of hydrogen-bond acceptors (Lipinski definition) is 9. The Bertz CT molecular complexity index is 729. The summed E-state index contributed by atoms with van der Waals surface area (Å²) in [6.45, 7) is 1.15. The highest BCUT2D eigenvalue weighted by atomic mass is 32.2. The van der Waals surface area contributed by atoms with Gasteiger partial charge in [0.05, 0.1) is 17.2 Å². The zero-order valence-electron chi connectivity index (χ0n) is 12.3. The number of thioether (sulfide) groups is 1. The molecule has 1 aliphatic heterocycles. The summed E-state index contributed by atoms with van der Waals surface area (Å²) in [6.07, 6.45) is 0. The molecule has 0 aliphatic carbocycles. The van der Waals surface area contributed by atoms with Crippen LogP contribution in [-0.2, 0) is 19.1 Å². The summed E-state index contributed by atoms with van der Waals surface area (Å²) in [5, 5.41) is 10.6. The summed E-state index contributed by atoms with van der Waals surface area (Å²) in [7, 11) is 0. The number of nitrogens with two attached hydrogens (primary N) is 1. The summed E-state index contributed by atoms with van der Waals surface area (Å²) in [6, 6.07) is 0. The Balaban J connectivity index is 0.00000288. The number of carbonyl (C=O) groups is 3. The number of amides is 1. The molecule has 1 aliphatic rings. The zero-order valence-corrected chi connectivity index (χ0v) is 14.7. The van der Waals surface area contributed by atoms with E-state index in [-0.39, 0.29) is 37.7 Å². The van der Waals surface area contributed by atoms with E-state index >= 15 is 0 Å². The van der Waals surface area contributed by atoms with Gasteiger partial charge >= 0.3 is 11.9 Å². The van der Waals surface area contributed by atoms with E-state index in [1.54, 1.807) is 6.92 Å². The van der Waals surface area contributed by atoms with Crippen LogP contribution in [0, 0.1) is 0 Å². The van der Waals surface area contributed by atoms with E-state index in [2.05, 4.69) is 4.98 Å². The molecule has 1 aromatic heterocycles.